The molecule has 0 bridgehead atoms. The molecule has 1 unspecified atom stereocenters. The lowest BCUT2D eigenvalue weighted by Gasteiger charge is -2.33. The molecule has 1 aliphatic rings. The van der Waals surface area contributed by atoms with Gasteiger partial charge in [-0.3, -0.25) is 0 Å². The van der Waals surface area contributed by atoms with Crippen molar-refractivity contribution < 1.29 is 4.79 Å². The largest absolute Gasteiger partial charge is 0.341 e. The number of nitrogens with zero attached hydrogens (tertiary/aromatic N) is 3. The molecule has 2 amide bonds. The molecule has 1 aromatic carbocycles. The number of rotatable bonds is 5. The first-order valence-corrected chi connectivity index (χ1v) is 8.19. The Hall–Kier alpha value is -2.37. The first kappa shape index (κ1) is 15.5. The van der Waals surface area contributed by atoms with Gasteiger partial charge in [0.25, 0.3) is 0 Å². The summed E-state index contributed by atoms with van der Waals surface area (Å²) in [6.07, 6.45) is 5.51. The Balaban J connectivity index is 1.94. The van der Waals surface area contributed by atoms with Crippen LogP contribution in [0.4, 0.5) is 10.5 Å². The Morgan fingerprint density at radius 2 is 2.26 bits per heavy atom. The smallest absolute Gasteiger partial charge is 0.318 e. The van der Waals surface area contributed by atoms with Crippen molar-refractivity contribution in [3.63, 3.8) is 0 Å². The van der Waals surface area contributed by atoms with Gasteiger partial charge in [-0.15, -0.1) is 10.2 Å². The topological polar surface area (TPSA) is 71.8 Å². The molecule has 1 saturated carbocycles. The maximum Gasteiger partial charge on any atom is 0.318 e. The third-order valence-electron chi connectivity index (χ3n) is 4.62. The van der Waals surface area contributed by atoms with Crippen molar-refractivity contribution in [1.29, 1.82) is 0 Å². The van der Waals surface area contributed by atoms with Crippen LogP contribution in [0.5, 0.6) is 0 Å². The minimum absolute atomic E-state index is 0.209. The first-order valence-electron chi connectivity index (χ1n) is 8.19. The van der Waals surface area contributed by atoms with E-state index in [1.54, 1.807) is 13.4 Å². The van der Waals surface area contributed by atoms with E-state index in [4.69, 9.17) is 0 Å². The minimum atomic E-state index is -0.209. The van der Waals surface area contributed by atoms with E-state index in [2.05, 4.69) is 38.4 Å². The number of nitrogens with one attached hydrogen (secondary N) is 2. The zero-order valence-electron chi connectivity index (χ0n) is 13.6. The predicted octanol–water partition coefficient (Wildman–Crippen LogP) is 2.98. The third-order valence-corrected chi connectivity index (χ3v) is 4.62. The molecule has 0 saturated heterocycles. The van der Waals surface area contributed by atoms with E-state index in [1.807, 2.05) is 18.2 Å². The van der Waals surface area contributed by atoms with Gasteiger partial charge in [0.1, 0.15) is 12.2 Å². The SMILES string of the molecule is CCn1cnnc1C(c1cccc(NC(=O)NC)c1)C1CCC1. The van der Waals surface area contributed by atoms with Gasteiger partial charge < -0.3 is 15.2 Å². The maximum absolute atomic E-state index is 11.5. The van der Waals surface area contributed by atoms with Crippen molar-refractivity contribution in [2.75, 3.05) is 12.4 Å². The molecule has 122 valence electrons. The highest BCUT2D eigenvalue weighted by Crippen LogP contribution is 2.43. The van der Waals surface area contributed by atoms with Gasteiger partial charge in [-0.1, -0.05) is 18.6 Å². The van der Waals surface area contributed by atoms with Crippen LogP contribution in [0, 0.1) is 5.92 Å². The molecule has 3 rings (SSSR count). The summed E-state index contributed by atoms with van der Waals surface area (Å²) in [5.74, 6) is 1.85. The number of aromatic nitrogens is 3. The van der Waals surface area contributed by atoms with Gasteiger partial charge in [0.2, 0.25) is 0 Å². The van der Waals surface area contributed by atoms with E-state index >= 15 is 0 Å². The summed E-state index contributed by atoms with van der Waals surface area (Å²) in [4.78, 5) is 11.5. The molecule has 0 radical (unpaired) electrons. The second-order valence-electron chi connectivity index (χ2n) is 5.97. The summed E-state index contributed by atoms with van der Waals surface area (Å²) in [5, 5.41) is 13.9. The summed E-state index contributed by atoms with van der Waals surface area (Å²) in [7, 11) is 1.61. The van der Waals surface area contributed by atoms with Gasteiger partial charge in [0.15, 0.2) is 0 Å². The number of carbonyl (C=O) groups excluding carboxylic acids is 1. The highest BCUT2D eigenvalue weighted by molar-refractivity contribution is 5.89. The van der Waals surface area contributed by atoms with Crippen LogP contribution in [0.1, 0.15) is 43.5 Å². The first-order chi connectivity index (χ1) is 11.2. The number of amides is 2. The lowest BCUT2D eigenvalue weighted by molar-refractivity contribution is 0.254. The van der Waals surface area contributed by atoms with Crippen LogP contribution in [0.2, 0.25) is 0 Å². The second-order valence-corrected chi connectivity index (χ2v) is 5.97. The summed E-state index contributed by atoms with van der Waals surface area (Å²) in [6, 6.07) is 7.85. The quantitative estimate of drug-likeness (QED) is 0.891. The van der Waals surface area contributed by atoms with Crippen molar-refractivity contribution >= 4 is 11.7 Å². The Morgan fingerprint density at radius 1 is 1.43 bits per heavy atom. The fraction of sp³-hybridized carbons (Fsp3) is 0.471. The van der Waals surface area contributed by atoms with Crippen molar-refractivity contribution in [2.24, 2.45) is 5.92 Å². The minimum Gasteiger partial charge on any atom is -0.341 e. The predicted molar refractivity (Wildman–Crippen MR) is 89.4 cm³/mol. The van der Waals surface area contributed by atoms with Crippen molar-refractivity contribution in [2.45, 2.75) is 38.6 Å². The molecule has 2 aromatic rings. The van der Waals surface area contributed by atoms with Crippen LogP contribution in [-0.2, 0) is 6.54 Å². The number of urea groups is 1. The monoisotopic (exact) mass is 313 g/mol. The standard InChI is InChI=1S/C17H23N5O/c1-3-22-11-19-21-16(22)15(12-6-4-7-12)13-8-5-9-14(10-13)20-17(23)18-2/h5,8-12,15H,3-4,6-7H2,1-2H3,(H2,18,20,23). The lowest BCUT2D eigenvalue weighted by Crippen LogP contribution is -2.26. The van der Waals surface area contributed by atoms with Gasteiger partial charge in [0, 0.05) is 25.2 Å². The molecule has 0 aliphatic heterocycles. The number of benzene rings is 1. The highest BCUT2D eigenvalue weighted by atomic mass is 16.2. The molecular formula is C17H23N5O. The molecule has 2 N–H and O–H groups in total. The van der Waals surface area contributed by atoms with Crippen molar-refractivity contribution in [3.05, 3.63) is 42.0 Å². The Kier molecular flexibility index (Phi) is 4.60. The summed E-state index contributed by atoms with van der Waals surface area (Å²) in [6.45, 7) is 2.97. The second kappa shape index (κ2) is 6.81. The van der Waals surface area contributed by atoms with Crippen LogP contribution in [0.15, 0.2) is 30.6 Å². The average molecular weight is 313 g/mol. The van der Waals surface area contributed by atoms with Gasteiger partial charge in [-0.2, -0.15) is 0 Å². The Bertz CT molecular complexity index is 677. The van der Waals surface area contributed by atoms with Crippen LogP contribution in [-0.4, -0.2) is 27.8 Å². The zero-order valence-corrected chi connectivity index (χ0v) is 13.6. The zero-order chi connectivity index (χ0) is 16.2. The van der Waals surface area contributed by atoms with Crippen molar-refractivity contribution in [3.8, 4) is 0 Å². The van der Waals surface area contributed by atoms with E-state index in [1.165, 1.54) is 24.8 Å². The molecule has 6 nitrogen and oxygen atoms in total. The van der Waals surface area contributed by atoms with Gasteiger partial charge >= 0.3 is 6.03 Å². The van der Waals surface area contributed by atoms with Gasteiger partial charge in [-0.25, -0.2) is 4.79 Å². The number of anilines is 1. The van der Waals surface area contributed by atoms with E-state index in [9.17, 15) is 4.79 Å². The van der Waals surface area contributed by atoms with Gasteiger partial charge in [0.05, 0.1) is 0 Å². The van der Waals surface area contributed by atoms with E-state index in [0.29, 0.717) is 5.92 Å². The summed E-state index contributed by atoms with van der Waals surface area (Å²) >= 11 is 0. The number of hydrogen-bond donors (Lipinski definition) is 2. The van der Waals surface area contributed by atoms with Crippen LogP contribution in [0.25, 0.3) is 0 Å². The van der Waals surface area contributed by atoms with E-state index in [-0.39, 0.29) is 11.9 Å². The lowest BCUT2D eigenvalue weighted by atomic mass is 9.72. The summed E-state index contributed by atoms with van der Waals surface area (Å²) < 4.78 is 2.11. The average Bonchev–Trinajstić information content (AvgIpc) is 2.98. The molecule has 1 aliphatic carbocycles. The maximum atomic E-state index is 11.5. The van der Waals surface area contributed by atoms with Crippen LogP contribution >= 0.6 is 0 Å². The number of carbonyl (C=O) groups is 1. The van der Waals surface area contributed by atoms with Crippen LogP contribution in [0.3, 0.4) is 0 Å². The molecule has 0 spiro atoms. The van der Waals surface area contributed by atoms with Crippen molar-refractivity contribution in [1.82, 2.24) is 20.1 Å². The number of aryl methyl sites for hydroxylation is 1. The normalized spacial score (nSPS) is 15.7. The van der Waals surface area contributed by atoms with Crippen LogP contribution < -0.4 is 10.6 Å². The molecule has 23 heavy (non-hydrogen) atoms. The highest BCUT2D eigenvalue weighted by Gasteiger charge is 2.33. The Labute approximate surface area is 136 Å². The number of hydrogen-bond acceptors (Lipinski definition) is 3. The molecule has 1 heterocycles. The summed E-state index contributed by atoms with van der Waals surface area (Å²) in [5.41, 5.74) is 1.99. The third kappa shape index (κ3) is 3.21. The van der Waals surface area contributed by atoms with E-state index in [0.717, 1.165) is 18.1 Å². The molecule has 6 heteroatoms. The fourth-order valence-electron chi connectivity index (χ4n) is 3.16. The van der Waals surface area contributed by atoms with Gasteiger partial charge in [-0.05, 0) is 43.4 Å². The molecular weight excluding hydrogens is 290 g/mol. The van der Waals surface area contributed by atoms with E-state index < -0.39 is 0 Å². The molecule has 1 fully saturated rings. The molecule has 1 atom stereocenters. The fourth-order valence-corrected chi connectivity index (χ4v) is 3.16. The Morgan fingerprint density at radius 3 is 2.91 bits per heavy atom. The molecule has 1 aromatic heterocycles.